The number of para-hydroxylation sites is 1. The van der Waals surface area contributed by atoms with Crippen LogP contribution >= 0.6 is 0 Å². The molecule has 0 saturated carbocycles. The summed E-state index contributed by atoms with van der Waals surface area (Å²) >= 11 is 0. The fourth-order valence-corrected chi connectivity index (χ4v) is 2.31. The van der Waals surface area contributed by atoms with Gasteiger partial charge in [-0.15, -0.1) is 0 Å². The van der Waals surface area contributed by atoms with Gasteiger partial charge < -0.3 is 14.8 Å². The first-order chi connectivity index (χ1) is 11.1. The van der Waals surface area contributed by atoms with Gasteiger partial charge in [-0.3, -0.25) is 4.79 Å². The van der Waals surface area contributed by atoms with Gasteiger partial charge in [0, 0.05) is 11.1 Å². The molecule has 0 unspecified atom stereocenters. The van der Waals surface area contributed by atoms with E-state index < -0.39 is 11.5 Å². The molecule has 0 aliphatic heterocycles. The molecule has 0 saturated heterocycles. The number of anilines is 1. The van der Waals surface area contributed by atoms with Gasteiger partial charge in [0.05, 0.1) is 6.61 Å². The molecule has 0 spiro atoms. The van der Waals surface area contributed by atoms with Crippen molar-refractivity contribution in [3.8, 4) is 0 Å². The largest absolute Gasteiger partial charge is 0.422 e. The second-order valence-electron chi connectivity index (χ2n) is 5.25. The molecule has 0 fully saturated rings. The number of fused-ring (bicyclic) bond motifs is 1. The summed E-state index contributed by atoms with van der Waals surface area (Å²) in [5.74, 6) is -0.539. The van der Waals surface area contributed by atoms with E-state index in [2.05, 4.69) is 5.32 Å². The summed E-state index contributed by atoms with van der Waals surface area (Å²) in [5.41, 5.74) is 1.76. The number of amides is 1. The van der Waals surface area contributed by atoms with Crippen LogP contribution in [0.3, 0.4) is 0 Å². The highest BCUT2D eigenvalue weighted by atomic mass is 16.4. The Morgan fingerprint density at radius 3 is 2.74 bits per heavy atom. The smallest absolute Gasteiger partial charge is 0.349 e. The summed E-state index contributed by atoms with van der Waals surface area (Å²) in [6.45, 7) is 1.71. The van der Waals surface area contributed by atoms with Crippen LogP contribution in [0.5, 0.6) is 0 Å². The molecular weight excluding hydrogens is 294 g/mol. The van der Waals surface area contributed by atoms with Crippen LogP contribution < -0.4 is 10.9 Å². The van der Waals surface area contributed by atoms with Gasteiger partial charge in [0.1, 0.15) is 11.1 Å². The van der Waals surface area contributed by atoms with Crippen LogP contribution in [0.25, 0.3) is 11.0 Å². The summed E-state index contributed by atoms with van der Waals surface area (Å²) in [5, 5.41) is 12.6. The zero-order chi connectivity index (χ0) is 16.4. The van der Waals surface area contributed by atoms with Gasteiger partial charge in [0.2, 0.25) is 0 Å². The first-order valence-corrected chi connectivity index (χ1v) is 7.13. The summed E-state index contributed by atoms with van der Waals surface area (Å²) in [6, 6.07) is 13.8. The maximum absolute atomic E-state index is 12.4. The molecule has 2 aromatic carbocycles. The highest BCUT2D eigenvalue weighted by Gasteiger charge is 2.15. The van der Waals surface area contributed by atoms with Crippen molar-refractivity contribution in [2.24, 2.45) is 0 Å². The molecule has 2 N–H and O–H groups in total. The van der Waals surface area contributed by atoms with Gasteiger partial charge in [-0.25, -0.2) is 4.79 Å². The minimum atomic E-state index is -0.683. The van der Waals surface area contributed by atoms with E-state index in [0.29, 0.717) is 22.2 Å². The van der Waals surface area contributed by atoms with Crippen molar-refractivity contribution in [1.29, 1.82) is 0 Å². The number of rotatable bonds is 3. The number of carbonyl (C=O) groups is 1. The normalized spacial score (nSPS) is 10.7. The van der Waals surface area contributed by atoms with E-state index in [1.807, 2.05) is 6.92 Å². The molecule has 3 rings (SSSR count). The fraction of sp³-hybridized carbons (Fsp3) is 0.111. The van der Waals surface area contributed by atoms with E-state index in [4.69, 9.17) is 4.42 Å². The third-order valence-corrected chi connectivity index (χ3v) is 3.62. The number of hydrogen-bond donors (Lipinski definition) is 2. The number of aliphatic hydroxyl groups excluding tert-OH is 1. The fourth-order valence-electron chi connectivity index (χ4n) is 2.31. The highest BCUT2D eigenvalue weighted by Crippen LogP contribution is 2.18. The minimum absolute atomic E-state index is 0.0579. The molecule has 0 bridgehead atoms. The van der Waals surface area contributed by atoms with E-state index in [9.17, 15) is 14.7 Å². The number of aliphatic hydroxyl groups is 1. The number of benzene rings is 2. The Bertz CT molecular complexity index is 943. The Hall–Kier alpha value is -2.92. The molecule has 1 amide bonds. The van der Waals surface area contributed by atoms with Crippen molar-refractivity contribution in [2.45, 2.75) is 13.5 Å². The standard InChI is InChI=1S/C18H15NO4/c1-11-6-7-12(10-20)8-15(11)19-17(21)14-9-13-4-2-3-5-16(13)23-18(14)22/h2-9,20H,10H2,1H3,(H,19,21). The minimum Gasteiger partial charge on any atom is -0.422 e. The van der Waals surface area contributed by atoms with Crippen molar-refractivity contribution in [1.82, 2.24) is 0 Å². The Kier molecular flexibility index (Phi) is 3.95. The van der Waals surface area contributed by atoms with Crippen LogP contribution in [0.1, 0.15) is 21.5 Å². The van der Waals surface area contributed by atoms with Crippen LogP contribution in [0, 0.1) is 6.92 Å². The molecule has 1 aromatic heterocycles. The molecule has 5 nitrogen and oxygen atoms in total. The Morgan fingerprint density at radius 2 is 1.96 bits per heavy atom. The first-order valence-electron chi connectivity index (χ1n) is 7.13. The number of carbonyl (C=O) groups excluding carboxylic acids is 1. The Morgan fingerprint density at radius 1 is 1.17 bits per heavy atom. The molecule has 0 aliphatic carbocycles. The summed E-state index contributed by atoms with van der Waals surface area (Å²) < 4.78 is 5.17. The number of hydrogen-bond acceptors (Lipinski definition) is 4. The quantitative estimate of drug-likeness (QED) is 0.729. The lowest BCUT2D eigenvalue weighted by atomic mass is 10.1. The molecular formula is C18H15NO4. The zero-order valence-corrected chi connectivity index (χ0v) is 12.5. The molecule has 3 aromatic rings. The second kappa shape index (κ2) is 6.06. The van der Waals surface area contributed by atoms with E-state index >= 15 is 0 Å². The van der Waals surface area contributed by atoms with Crippen molar-refractivity contribution < 1.29 is 14.3 Å². The van der Waals surface area contributed by atoms with E-state index in [0.717, 1.165) is 5.56 Å². The Balaban J connectivity index is 1.98. The number of nitrogens with one attached hydrogen (secondary N) is 1. The number of aryl methyl sites for hydroxylation is 1. The van der Waals surface area contributed by atoms with Crippen LogP contribution in [-0.4, -0.2) is 11.0 Å². The summed E-state index contributed by atoms with van der Waals surface area (Å²) in [6.07, 6.45) is 0. The lowest BCUT2D eigenvalue weighted by Gasteiger charge is -2.09. The van der Waals surface area contributed by atoms with Gasteiger partial charge in [-0.2, -0.15) is 0 Å². The third kappa shape index (κ3) is 3.00. The molecule has 5 heteroatoms. The summed E-state index contributed by atoms with van der Waals surface area (Å²) in [7, 11) is 0. The van der Waals surface area contributed by atoms with Crippen molar-refractivity contribution in [2.75, 3.05) is 5.32 Å². The summed E-state index contributed by atoms with van der Waals surface area (Å²) in [4.78, 5) is 24.4. The lowest BCUT2D eigenvalue weighted by Crippen LogP contribution is -2.21. The van der Waals surface area contributed by atoms with E-state index in [1.54, 1.807) is 42.5 Å². The molecule has 1 heterocycles. The van der Waals surface area contributed by atoms with Gasteiger partial charge in [0.15, 0.2) is 0 Å². The van der Waals surface area contributed by atoms with Gasteiger partial charge in [-0.05, 0) is 36.2 Å². The van der Waals surface area contributed by atoms with Gasteiger partial charge in [0.25, 0.3) is 5.91 Å². The SMILES string of the molecule is Cc1ccc(CO)cc1NC(=O)c1cc2ccccc2oc1=O. The second-order valence-corrected chi connectivity index (χ2v) is 5.25. The molecule has 116 valence electrons. The topological polar surface area (TPSA) is 79.5 Å². The zero-order valence-electron chi connectivity index (χ0n) is 12.5. The van der Waals surface area contributed by atoms with Gasteiger partial charge in [-0.1, -0.05) is 30.3 Å². The van der Waals surface area contributed by atoms with Crippen LogP contribution in [0.2, 0.25) is 0 Å². The van der Waals surface area contributed by atoms with E-state index in [-0.39, 0.29) is 12.2 Å². The molecule has 0 aliphatic rings. The lowest BCUT2D eigenvalue weighted by molar-refractivity contribution is 0.102. The first kappa shape index (κ1) is 15.0. The molecule has 0 radical (unpaired) electrons. The van der Waals surface area contributed by atoms with Crippen molar-refractivity contribution in [3.63, 3.8) is 0 Å². The predicted molar refractivity (Wildman–Crippen MR) is 87.5 cm³/mol. The average Bonchev–Trinajstić information content (AvgIpc) is 2.56. The van der Waals surface area contributed by atoms with Crippen LogP contribution in [0.15, 0.2) is 57.7 Å². The predicted octanol–water partition coefficient (Wildman–Crippen LogP) is 2.85. The average molecular weight is 309 g/mol. The van der Waals surface area contributed by atoms with Crippen LogP contribution in [0.4, 0.5) is 5.69 Å². The monoisotopic (exact) mass is 309 g/mol. The Labute approximate surface area is 132 Å². The highest BCUT2D eigenvalue weighted by molar-refractivity contribution is 6.05. The van der Waals surface area contributed by atoms with E-state index in [1.165, 1.54) is 6.07 Å². The van der Waals surface area contributed by atoms with Crippen molar-refractivity contribution >= 4 is 22.6 Å². The van der Waals surface area contributed by atoms with Crippen LogP contribution in [-0.2, 0) is 6.61 Å². The van der Waals surface area contributed by atoms with Crippen molar-refractivity contribution in [3.05, 3.63) is 75.6 Å². The van der Waals surface area contributed by atoms with Gasteiger partial charge >= 0.3 is 5.63 Å². The molecule has 23 heavy (non-hydrogen) atoms. The molecule has 0 atom stereocenters. The maximum Gasteiger partial charge on any atom is 0.349 e. The maximum atomic E-state index is 12.4. The third-order valence-electron chi connectivity index (χ3n) is 3.62.